The number of rotatable bonds is 6. The monoisotopic (exact) mass is 196 g/mol. The van der Waals surface area contributed by atoms with Crippen molar-refractivity contribution >= 4 is 11.8 Å². The molecule has 0 spiro atoms. The van der Waals surface area contributed by atoms with E-state index in [0.717, 1.165) is 0 Å². The fourth-order valence-electron chi connectivity index (χ4n) is 0.778. The van der Waals surface area contributed by atoms with Gasteiger partial charge in [-0.1, -0.05) is 13.2 Å². The summed E-state index contributed by atoms with van der Waals surface area (Å²) >= 11 is 0. The summed E-state index contributed by atoms with van der Waals surface area (Å²) < 4.78 is 0. The minimum atomic E-state index is -0.490. The summed E-state index contributed by atoms with van der Waals surface area (Å²) in [5, 5.41) is 2.64. The van der Waals surface area contributed by atoms with Gasteiger partial charge >= 0.3 is 0 Å². The third kappa shape index (κ3) is 5.13. The zero-order chi connectivity index (χ0) is 11.1. The van der Waals surface area contributed by atoms with Crippen molar-refractivity contribution in [3.63, 3.8) is 0 Å². The van der Waals surface area contributed by atoms with E-state index in [1.165, 1.54) is 0 Å². The highest BCUT2D eigenvalue weighted by atomic mass is 16.2. The highest BCUT2D eigenvalue weighted by Crippen LogP contribution is 1.99. The first-order chi connectivity index (χ1) is 6.45. The minimum absolute atomic E-state index is 0.172. The van der Waals surface area contributed by atoms with Gasteiger partial charge in [0.15, 0.2) is 0 Å². The maximum atomic E-state index is 11.0. The number of nitrogens with one attached hydrogen (secondary N) is 1. The number of amides is 2. The molecule has 3 N–H and O–H groups in total. The van der Waals surface area contributed by atoms with Gasteiger partial charge in [0.2, 0.25) is 11.8 Å². The van der Waals surface area contributed by atoms with Gasteiger partial charge in [-0.25, -0.2) is 0 Å². The SMILES string of the molecule is C=C(C)C(=O)NCCCC(=C)C(N)=O. The van der Waals surface area contributed by atoms with E-state index in [-0.39, 0.29) is 5.91 Å². The quantitative estimate of drug-likeness (QED) is 0.479. The van der Waals surface area contributed by atoms with Gasteiger partial charge in [0.1, 0.15) is 0 Å². The van der Waals surface area contributed by atoms with Crippen LogP contribution in [0.4, 0.5) is 0 Å². The molecule has 0 aliphatic heterocycles. The molecule has 14 heavy (non-hydrogen) atoms. The van der Waals surface area contributed by atoms with Crippen LogP contribution in [0.15, 0.2) is 24.3 Å². The fourth-order valence-corrected chi connectivity index (χ4v) is 0.778. The molecule has 4 nitrogen and oxygen atoms in total. The molecule has 0 aromatic carbocycles. The largest absolute Gasteiger partial charge is 0.366 e. The van der Waals surface area contributed by atoms with Crippen molar-refractivity contribution in [1.29, 1.82) is 0 Å². The molecule has 78 valence electrons. The average Bonchev–Trinajstić information content (AvgIpc) is 2.11. The summed E-state index contributed by atoms with van der Waals surface area (Å²) in [6.07, 6.45) is 1.16. The summed E-state index contributed by atoms with van der Waals surface area (Å²) in [6.45, 7) is 9.13. The minimum Gasteiger partial charge on any atom is -0.366 e. The van der Waals surface area contributed by atoms with Crippen molar-refractivity contribution in [1.82, 2.24) is 5.32 Å². The van der Waals surface area contributed by atoms with E-state index in [9.17, 15) is 9.59 Å². The van der Waals surface area contributed by atoms with Gasteiger partial charge in [-0.2, -0.15) is 0 Å². The van der Waals surface area contributed by atoms with Crippen molar-refractivity contribution in [2.24, 2.45) is 5.73 Å². The first kappa shape index (κ1) is 12.4. The first-order valence-corrected chi connectivity index (χ1v) is 4.36. The molecule has 0 aliphatic carbocycles. The number of carbonyl (C=O) groups excluding carboxylic acids is 2. The van der Waals surface area contributed by atoms with Gasteiger partial charge in [0.25, 0.3) is 0 Å². The van der Waals surface area contributed by atoms with E-state index in [4.69, 9.17) is 5.73 Å². The maximum Gasteiger partial charge on any atom is 0.246 e. The predicted molar refractivity (Wildman–Crippen MR) is 55.4 cm³/mol. The van der Waals surface area contributed by atoms with E-state index in [0.29, 0.717) is 30.5 Å². The summed E-state index contributed by atoms with van der Waals surface area (Å²) in [5.74, 6) is -0.661. The molecule has 0 radical (unpaired) electrons. The Hall–Kier alpha value is -1.58. The molecule has 0 aliphatic rings. The Bertz CT molecular complexity index is 241. The van der Waals surface area contributed by atoms with Crippen LogP contribution in [-0.4, -0.2) is 18.4 Å². The fraction of sp³-hybridized carbons (Fsp3) is 0.400. The van der Waals surface area contributed by atoms with Gasteiger partial charge in [-0.15, -0.1) is 0 Å². The Morgan fingerprint density at radius 2 is 1.93 bits per heavy atom. The van der Waals surface area contributed by atoms with Crippen molar-refractivity contribution in [3.8, 4) is 0 Å². The molecule has 0 saturated carbocycles. The second kappa shape index (κ2) is 5.96. The molecular weight excluding hydrogens is 180 g/mol. The molecule has 0 aromatic rings. The summed E-state index contributed by atoms with van der Waals surface area (Å²) in [6, 6.07) is 0. The van der Waals surface area contributed by atoms with Gasteiger partial charge in [-0.05, 0) is 19.8 Å². The van der Waals surface area contributed by atoms with E-state index >= 15 is 0 Å². The maximum absolute atomic E-state index is 11.0. The molecule has 0 rings (SSSR count). The van der Waals surface area contributed by atoms with Gasteiger partial charge in [0.05, 0.1) is 0 Å². The number of primary amides is 1. The Morgan fingerprint density at radius 3 is 2.36 bits per heavy atom. The van der Waals surface area contributed by atoms with Crippen LogP contribution in [0.3, 0.4) is 0 Å². The average molecular weight is 196 g/mol. The lowest BCUT2D eigenvalue weighted by Gasteiger charge is -2.04. The number of nitrogens with two attached hydrogens (primary N) is 1. The molecule has 4 heteroatoms. The molecule has 0 saturated heterocycles. The molecule has 2 amide bonds. The van der Waals surface area contributed by atoms with Crippen molar-refractivity contribution in [3.05, 3.63) is 24.3 Å². The van der Waals surface area contributed by atoms with Crippen LogP contribution < -0.4 is 11.1 Å². The molecule has 0 fully saturated rings. The highest BCUT2D eigenvalue weighted by molar-refractivity contribution is 5.92. The lowest BCUT2D eigenvalue weighted by Crippen LogP contribution is -2.25. The Morgan fingerprint density at radius 1 is 1.36 bits per heavy atom. The van der Waals surface area contributed by atoms with Crippen molar-refractivity contribution in [2.45, 2.75) is 19.8 Å². The van der Waals surface area contributed by atoms with Crippen LogP contribution in [0.1, 0.15) is 19.8 Å². The molecule has 0 bridgehead atoms. The molecule has 0 heterocycles. The summed E-state index contributed by atoms with van der Waals surface area (Å²) in [4.78, 5) is 21.6. The lowest BCUT2D eigenvalue weighted by molar-refractivity contribution is -0.117. The second-order valence-electron chi connectivity index (χ2n) is 3.11. The third-order valence-electron chi connectivity index (χ3n) is 1.68. The third-order valence-corrected chi connectivity index (χ3v) is 1.68. The van der Waals surface area contributed by atoms with Crippen LogP contribution >= 0.6 is 0 Å². The summed E-state index contributed by atoms with van der Waals surface area (Å²) in [5.41, 5.74) is 5.84. The van der Waals surface area contributed by atoms with Gasteiger partial charge in [0, 0.05) is 17.7 Å². The normalized spacial score (nSPS) is 9.21. The number of hydrogen-bond donors (Lipinski definition) is 2. The van der Waals surface area contributed by atoms with Gasteiger partial charge in [-0.3, -0.25) is 9.59 Å². The summed E-state index contributed by atoms with van der Waals surface area (Å²) in [7, 11) is 0. The Kier molecular flexibility index (Phi) is 5.29. The standard InChI is InChI=1S/C10H16N2O2/c1-7(2)10(14)12-6-4-5-8(3)9(11)13/h1,3-6H2,2H3,(H2,11,13)(H,12,14). The van der Waals surface area contributed by atoms with E-state index in [1.54, 1.807) is 6.92 Å². The van der Waals surface area contributed by atoms with E-state index < -0.39 is 5.91 Å². The van der Waals surface area contributed by atoms with Crippen LogP contribution in [-0.2, 0) is 9.59 Å². The Labute approximate surface area is 83.9 Å². The topological polar surface area (TPSA) is 72.2 Å². The molecule has 0 atom stereocenters. The van der Waals surface area contributed by atoms with E-state index in [2.05, 4.69) is 18.5 Å². The van der Waals surface area contributed by atoms with Crippen LogP contribution in [0, 0.1) is 0 Å². The zero-order valence-corrected chi connectivity index (χ0v) is 8.43. The molecule has 0 unspecified atom stereocenters. The smallest absolute Gasteiger partial charge is 0.246 e. The zero-order valence-electron chi connectivity index (χ0n) is 8.43. The highest BCUT2D eigenvalue weighted by Gasteiger charge is 2.02. The van der Waals surface area contributed by atoms with Crippen molar-refractivity contribution in [2.75, 3.05) is 6.54 Å². The van der Waals surface area contributed by atoms with Crippen LogP contribution in [0.25, 0.3) is 0 Å². The van der Waals surface area contributed by atoms with Crippen LogP contribution in [0.5, 0.6) is 0 Å². The lowest BCUT2D eigenvalue weighted by atomic mass is 10.1. The van der Waals surface area contributed by atoms with Gasteiger partial charge < -0.3 is 11.1 Å². The molecular formula is C10H16N2O2. The number of carbonyl (C=O) groups is 2. The Balaban J connectivity index is 3.57. The second-order valence-corrected chi connectivity index (χ2v) is 3.11. The molecule has 0 aromatic heterocycles. The van der Waals surface area contributed by atoms with Crippen molar-refractivity contribution < 1.29 is 9.59 Å². The van der Waals surface area contributed by atoms with Crippen LogP contribution in [0.2, 0.25) is 0 Å². The first-order valence-electron chi connectivity index (χ1n) is 4.36. The van der Waals surface area contributed by atoms with E-state index in [1.807, 2.05) is 0 Å². The predicted octanol–water partition coefficient (Wildman–Crippen LogP) is 0.500. The number of hydrogen-bond acceptors (Lipinski definition) is 2.